The first-order valence-corrected chi connectivity index (χ1v) is 6.38. The molecule has 0 saturated heterocycles. The zero-order chi connectivity index (χ0) is 11.5. The lowest BCUT2D eigenvalue weighted by atomic mass is 10.3. The molecule has 1 heterocycles. The number of thiazole rings is 1. The summed E-state index contributed by atoms with van der Waals surface area (Å²) < 4.78 is 0.661. The van der Waals surface area contributed by atoms with Crippen LogP contribution in [-0.4, -0.2) is 10.9 Å². The lowest BCUT2D eigenvalue weighted by molar-refractivity contribution is 0.102. The average molecular weight is 318 g/mol. The van der Waals surface area contributed by atoms with Gasteiger partial charge in [-0.05, 0) is 34.1 Å². The van der Waals surface area contributed by atoms with E-state index in [0.29, 0.717) is 20.3 Å². The average Bonchev–Trinajstić information content (AvgIpc) is 2.65. The van der Waals surface area contributed by atoms with Crippen molar-refractivity contribution >= 4 is 50.5 Å². The quantitative estimate of drug-likeness (QED) is 0.915. The third-order valence-corrected chi connectivity index (χ3v) is 3.54. The van der Waals surface area contributed by atoms with E-state index in [4.69, 9.17) is 11.6 Å². The number of carbonyl (C=O) groups is 1. The van der Waals surface area contributed by atoms with Gasteiger partial charge in [0.25, 0.3) is 5.91 Å². The predicted molar refractivity (Wildman–Crippen MR) is 69.2 cm³/mol. The van der Waals surface area contributed by atoms with Crippen molar-refractivity contribution in [3.8, 4) is 0 Å². The van der Waals surface area contributed by atoms with Crippen LogP contribution in [0.25, 0.3) is 0 Å². The van der Waals surface area contributed by atoms with E-state index in [2.05, 4.69) is 26.2 Å². The van der Waals surface area contributed by atoms with E-state index >= 15 is 0 Å². The van der Waals surface area contributed by atoms with Crippen LogP contribution in [0.5, 0.6) is 0 Å². The van der Waals surface area contributed by atoms with E-state index in [1.54, 1.807) is 29.6 Å². The summed E-state index contributed by atoms with van der Waals surface area (Å²) in [6, 6.07) is 6.97. The highest BCUT2D eigenvalue weighted by Gasteiger charge is 2.10. The van der Waals surface area contributed by atoms with Gasteiger partial charge >= 0.3 is 0 Å². The normalized spacial score (nSPS) is 10.1. The Morgan fingerprint density at radius 1 is 1.50 bits per heavy atom. The summed E-state index contributed by atoms with van der Waals surface area (Å²) in [6.45, 7) is 0. The van der Waals surface area contributed by atoms with Crippen molar-refractivity contribution < 1.29 is 4.79 Å². The molecule has 0 bridgehead atoms. The summed E-state index contributed by atoms with van der Waals surface area (Å²) in [5, 5.41) is 5.46. The molecule has 0 atom stereocenters. The molecule has 0 aliphatic rings. The molecule has 1 N–H and O–H groups in total. The number of nitrogens with one attached hydrogen (secondary N) is 1. The highest BCUT2D eigenvalue weighted by atomic mass is 79.9. The number of aromatic nitrogens is 1. The molecule has 6 heteroatoms. The summed E-state index contributed by atoms with van der Waals surface area (Å²) in [7, 11) is 0. The van der Waals surface area contributed by atoms with E-state index in [9.17, 15) is 4.79 Å². The minimum absolute atomic E-state index is 0.238. The molecular weight excluding hydrogens is 312 g/mol. The zero-order valence-corrected chi connectivity index (χ0v) is 11.1. The van der Waals surface area contributed by atoms with E-state index in [-0.39, 0.29) is 5.91 Å². The molecule has 0 unspecified atom stereocenters. The van der Waals surface area contributed by atoms with Crippen molar-refractivity contribution in [2.75, 3.05) is 5.32 Å². The van der Waals surface area contributed by atoms with Crippen molar-refractivity contribution in [1.29, 1.82) is 0 Å². The van der Waals surface area contributed by atoms with Crippen LogP contribution in [0, 0.1) is 0 Å². The van der Waals surface area contributed by atoms with Crippen LogP contribution in [-0.2, 0) is 0 Å². The fourth-order valence-electron chi connectivity index (χ4n) is 1.11. The van der Waals surface area contributed by atoms with Crippen LogP contribution in [0.1, 0.15) is 9.80 Å². The van der Waals surface area contributed by atoms with Crippen molar-refractivity contribution in [3.63, 3.8) is 0 Å². The van der Waals surface area contributed by atoms with Crippen molar-refractivity contribution in [3.05, 3.63) is 44.3 Å². The zero-order valence-electron chi connectivity index (χ0n) is 7.91. The molecule has 0 aliphatic heterocycles. The van der Waals surface area contributed by atoms with Gasteiger partial charge in [-0.25, -0.2) is 4.98 Å². The topological polar surface area (TPSA) is 42.0 Å². The van der Waals surface area contributed by atoms with Gasteiger partial charge in [-0.2, -0.15) is 0 Å². The number of amides is 1. The van der Waals surface area contributed by atoms with Crippen LogP contribution in [0.3, 0.4) is 0 Å². The summed E-state index contributed by atoms with van der Waals surface area (Å²) in [4.78, 5) is 15.7. The lowest BCUT2D eigenvalue weighted by Gasteiger charge is -2.02. The van der Waals surface area contributed by atoms with E-state index in [1.165, 1.54) is 11.3 Å². The van der Waals surface area contributed by atoms with Gasteiger partial charge in [0.1, 0.15) is 4.60 Å². The molecule has 1 amide bonds. The molecule has 82 valence electrons. The fourth-order valence-corrected chi connectivity index (χ4v) is 2.45. The van der Waals surface area contributed by atoms with Gasteiger partial charge in [-0.1, -0.05) is 17.7 Å². The van der Waals surface area contributed by atoms with Gasteiger partial charge < -0.3 is 5.32 Å². The molecule has 1 aromatic carbocycles. The molecule has 16 heavy (non-hydrogen) atoms. The SMILES string of the molecule is O=C(Nc1cccc(Cl)c1)c1nc(Br)cs1. The minimum atomic E-state index is -0.238. The first-order valence-electron chi connectivity index (χ1n) is 4.33. The first kappa shape index (κ1) is 11.6. The van der Waals surface area contributed by atoms with Gasteiger partial charge in [-0.3, -0.25) is 4.79 Å². The number of carbonyl (C=O) groups excluding carboxylic acids is 1. The molecule has 3 nitrogen and oxygen atoms in total. The van der Waals surface area contributed by atoms with E-state index < -0.39 is 0 Å². The monoisotopic (exact) mass is 316 g/mol. The molecule has 0 spiro atoms. The summed E-state index contributed by atoms with van der Waals surface area (Å²) in [5.74, 6) is -0.238. The van der Waals surface area contributed by atoms with Crippen LogP contribution < -0.4 is 5.32 Å². The maximum Gasteiger partial charge on any atom is 0.284 e. The highest BCUT2D eigenvalue weighted by molar-refractivity contribution is 9.10. The summed E-state index contributed by atoms with van der Waals surface area (Å²) in [6.07, 6.45) is 0. The van der Waals surface area contributed by atoms with Crippen molar-refractivity contribution in [1.82, 2.24) is 4.98 Å². The van der Waals surface area contributed by atoms with E-state index in [1.807, 2.05) is 0 Å². The standard InChI is InChI=1S/C10H6BrClN2OS/c11-8-5-16-10(14-8)9(15)13-7-3-1-2-6(12)4-7/h1-5H,(H,13,15). The molecule has 1 aromatic heterocycles. The Kier molecular flexibility index (Phi) is 3.58. The maximum absolute atomic E-state index is 11.7. The molecule has 0 radical (unpaired) electrons. The van der Waals surface area contributed by atoms with Gasteiger partial charge in [0, 0.05) is 16.1 Å². The Hall–Kier alpha value is -0.910. The predicted octanol–water partition coefficient (Wildman–Crippen LogP) is 3.81. The van der Waals surface area contributed by atoms with Gasteiger partial charge in [0.15, 0.2) is 5.01 Å². The smallest absolute Gasteiger partial charge is 0.284 e. The number of halogens is 2. The number of hydrogen-bond acceptors (Lipinski definition) is 3. The molecule has 0 saturated carbocycles. The third-order valence-electron chi connectivity index (χ3n) is 1.75. The largest absolute Gasteiger partial charge is 0.320 e. The third kappa shape index (κ3) is 2.81. The Morgan fingerprint density at radius 2 is 2.31 bits per heavy atom. The maximum atomic E-state index is 11.7. The molecular formula is C10H6BrClN2OS. The van der Waals surface area contributed by atoms with E-state index in [0.717, 1.165) is 0 Å². The first-order chi connectivity index (χ1) is 7.65. The fraction of sp³-hybridized carbons (Fsp3) is 0. The second kappa shape index (κ2) is 4.95. The Balaban J connectivity index is 2.13. The number of benzene rings is 1. The van der Waals surface area contributed by atoms with Crippen molar-refractivity contribution in [2.24, 2.45) is 0 Å². The Labute approximate surface area is 110 Å². The van der Waals surface area contributed by atoms with Crippen LogP contribution in [0.4, 0.5) is 5.69 Å². The van der Waals surface area contributed by atoms with Gasteiger partial charge in [-0.15, -0.1) is 11.3 Å². The number of nitrogens with zero attached hydrogens (tertiary/aromatic N) is 1. The second-order valence-electron chi connectivity index (χ2n) is 2.94. The number of rotatable bonds is 2. The molecule has 2 aromatic rings. The Morgan fingerprint density at radius 3 is 2.94 bits per heavy atom. The van der Waals surface area contributed by atoms with Gasteiger partial charge in [0.2, 0.25) is 0 Å². The number of anilines is 1. The molecule has 2 rings (SSSR count). The number of hydrogen-bond donors (Lipinski definition) is 1. The lowest BCUT2D eigenvalue weighted by Crippen LogP contribution is -2.11. The summed E-state index contributed by atoms with van der Waals surface area (Å²) in [5.41, 5.74) is 0.656. The minimum Gasteiger partial charge on any atom is -0.320 e. The molecule has 0 fully saturated rings. The Bertz CT molecular complexity index is 529. The van der Waals surface area contributed by atoms with Gasteiger partial charge in [0.05, 0.1) is 0 Å². The second-order valence-corrected chi connectivity index (χ2v) is 5.05. The summed E-state index contributed by atoms with van der Waals surface area (Å²) >= 11 is 10.3. The molecule has 0 aliphatic carbocycles. The van der Waals surface area contributed by atoms with Crippen LogP contribution >= 0.6 is 38.9 Å². The van der Waals surface area contributed by atoms with Crippen molar-refractivity contribution in [2.45, 2.75) is 0 Å². The van der Waals surface area contributed by atoms with Crippen LogP contribution in [0.2, 0.25) is 5.02 Å². The van der Waals surface area contributed by atoms with Crippen LogP contribution in [0.15, 0.2) is 34.2 Å². The highest BCUT2D eigenvalue weighted by Crippen LogP contribution is 2.18.